The Bertz CT molecular complexity index is 1120. The first-order valence-electron chi connectivity index (χ1n) is 11.8. The molecule has 0 aliphatic heterocycles. The van der Waals surface area contributed by atoms with E-state index in [0.29, 0.717) is 11.3 Å². The average molecular weight is 532 g/mol. The molecule has 4 amide bonds. The molecule has 0 aliphatic rings. The maximum Gasteiger partial charge on any atom is 0.326 e. The predicted molar refractivity (Wildman–Crippen MR) is 134 cm³/mol. The first kappa shape index (κ1) is 29.8. The lowest BCUT2D eigenvalue weighted by Crippen LogP contribution is -2.59. The minimum Gasteiger partial charge on any atom is -0.508 e. The molecule has 14 nitrogen and oxygen atoms in total. The standard InChI is InChI=1S/C24H33N7O7/c1-12(2)20(31-21(34)16(25)7-13-3-5-15(32)6-4-13)23(36)29-17(8-14-10-27-11-28-14)22(35)30-18(24(37)38)9-19(26)33/h3-6,10-12,16-18,20,32H,7-9,25H2,1-2H3,(H2,26,33)(H,27,28)(H,29,36)(H,30,35)(H,31,34)(H,37,38). The van der Waals surface area contributed by atoms with Crippen molar-refractivity contribution < 1.29 is 34.2 Å². The molecule has 1 aromatic heterocycles. The second-order valence-electron chi connectivity index (χ2n) is 9.12. The van der Waals surface area contributed by atoms with Crippen LogP contribution in [0.5, 0.6) is 5.75 Å². The number of hydrogen-bond acceptors (Lipinski definition) is 8. The molecule has 0 saturated heterocycles. The van der Waals surface area contributed by atoms with E-state index >= 15 is 0 Å². The van der Waals surface area contributed by atoms with Gasteiger partial charge in [-0.05, 0) is 30.0 Å². The third-order valence-electron chi connectivity index (χ3n) is 5.61. The lowest BCUT2D eigenvalue weighted by molar-refractivity contribution is -0.143. The highest BCUT2D eigenvalue weighted by molar-refractivity contribution is 5.95. The van der Waals surface area contributed by atoms with Crippen molar-refractivity contribution in [1.82, 2.24) is 25.9 Å². The van der Waals surface area contributed by atoms with Gasteiger partial charge in [-0.2, -0.15) is 0 Å². The number of phenols is 1. The second-order valence-corrected chi connectivity index (χ2v) is 9.12. The molecule has 0 fully saturated rings. The summed E-state index contributed by atoms with van der Waals surface area (Å²) in [4.78, 5) is 68.2. The number of nitrogens with two attached hydrogens (primary N) is 2. The molecule has 0 saturated carbocycles. The molecule has 206 valence electrons. The third kappa shape index (κ3) is 9.20. The molecule has 10 N–H and O–H groups in total. The van der Waals surface area contributed by atoms with Crippen LogP contribution in [0.15, 0.2) is 36.8 Å². The maximum atomic E-state index is 13.2. The summed E-state index contributed by atoms with van der Waals surface area (Å²) in [6.07, 6.45) is 2.22. The average Bonchev–Trinajstić information content (AvgIpc) is 3.35. The summed E-state index contributed by atoms with van der Waals surface area (Å²) in [6, 6.07) is 1.23. The van der Waals surface area contributed by atoms with Crippen LogP contribution in [0, 0.1) is 5.92 Å². The van der Waals surface area contributed by atoms with Crippen LogP contribution in [-0.4, -0.2) is 73.9 Å². The normalized spacial score (nSPS) is 14.1. The number of rotatable bonds is 14. The van der Waals surface area contributed by atoms with Gasteiger partial charge >= 0.3 is 5.97 Å². The number of amides is 4. The van der Waals surface area contributed by atoms with E-state index < -0.39 is 66.1 Å². The number of aromatic nitrogens is 2. The van der Waals surface area contributed by atoms with E-state index in [4.69, 9.17) is 11.5 Å². The molecular formula is C24H33N7O7. The first-order valence-corrected chi connectivity index (χ1v) is 11.8. The Kier molecular flexibility index (Phi) is 10.8. The van der Waals surface area contributed by atoms with Crippen molar-refractivity contribution in [2.24, 2.45) is 17.4 Å². The first-order chi connectivity index (χ1) is 17.9. The topological polar surface area (TPSA) is 243 Å². The van der Waals surface area contributed by atoms with E-state index in [0.717, 1.165) is 0 Å². The number of phenolic OH excluding ortho intramolecular Hbond substituents is 1. The van der Waals surface area contributed by atoms with E-state index in [9.17, 15) is 34.2 Å². The van der Waals surface area contributed by atoms with Crippen molar-refractivity contribution in [2.45, 2.75) is 57.3 Å². The number of carbonyl (C=O) groups is 5. The lowest BCUT2D eigenvalue weighted by atomic mass is 10.0. The van der Waals surface area contributed by atoms with E-state index in [1.54, 1.807) is 26.0 Å². The zero-order chi connectivity index (χ0) is 28.4. The van der Waals surface area contributed by atoms with Crippen LogP contribution >= 0.6 is 0 Å². The fourth-order valence-electron chi connectivity index (χ4n) is 3.53. The molecule has 0 spiro atoms. The van der Waals surface area contributed by atoms with Gasteiger partial charge in [-0.25, -0.2) is 9.78 Å². The number of carboxylic acids is 1. The summed E-state index contributed by atoms with van der Waals surface area (Å²) in [7, 11) is 0. The number of H-pyrrole nitrogens is 1. The van der Waals surface area contributed by atoms with Gasteiger partial charge in [-0.15, -0.1) is 0 Å². The molecule has 4 unspecified atom stereocenters. The van der Waals surface area contributed by atoms with Crippen LogP contribution in [-0.2, 0) is 36.8 Å². The SMILES string of the molecule is CC(C)C(NC(=O)C(N)Cc1ccc(O)cc1)C(=O)NC(Cc1cnc[nH]1)C(=O)NC(CC(N)=O)C(=O)O. The van der Waals surface area contributed by atoms with Crippen molar-refractivity contribution in [1.29, 1.82) is 0 Å². The highest BCUT2D eigenvalue weighted by Crippen LogP contribution is 2.12. The minimum atomic E-state index is -1.60. The van der Waals surface area contributed by atoms with Crippen LogP contribution in [0.1, 0.15) is 31.5 Å². The monoisotopic (exact) mass is 531 g/mol. The predicted octanol–water partition coefficient (Wildman–Crippen LogP) is -1.70. The van der Waals surface area contributed by atoms with E-state index in [-0.39, 0.29) is 18.6 Å². The Morgan fingerprint density at radius 3 is 2.11 bits per heavy atom. The van der Waals surface area contributed by atoms with E-state index in [1.807, 2.05) is 0 Å². The molecule has 1 aromatic carbocycles. The molecule has 14 heteroatoms. The van der Waals surface area contributed by atoms with Crippen molar-refractivity contribution in [3.05, 3.63) is 48.0 Å². The smallest absolute Gasteiger partial charge is 0.326 e. The van der Waals surface area contributed by atoms with Gasteiger partial charge in [0.25, 0.3) is 0 Å². The fraction of sp³-hybridized carbons (Fsp3) is 0.417. The molecule has 4 atom stereocenters. The van der Waals surface area contributed by atoms with Crippen molar-refractivity contribution in [3.63, 3.8) is 0 Å². The number of carbonyl (C=O) groups excluding carboxylic acids is 4. The lowest BCUT2D eigenvalue weighted by Gasteiger charge is -2.27. The van der Waals surface area contributed by atoms with Gasteiger partial charge < -0.3 is 42.6 Å². The number of aromatic amines is 1. The largest absolute Gasteiger partial charge is 0.508 e. The van der Waals surface area contributed by atoms with Gasteiger partial charge in [0.1, 0.15) is 23.9 Å². The molecule has 1 heterocycles. The number of carboxylic acid groups (broad SMARTS) is 1. The van der Waals surface area contributed by atoms with Gasteiger partial charge in [0.05, 0.1) is 18.8 Å². The van der Waals surface area contributed by atoms with Crippen LogP contribution in [0.3, 0.4) is 0 Å². The Balaban J connectivity index is 2.14. The summed E-state index contributed by atoms with van der Waals surface area (Å²) >= 11 is 0. The Morgan fingerprint density at radius 1 is 0.947 bits per heavy atom. The summed E-state index contributed by atoms with van der Waals surface area (Å²) in [5, 5.41) is 26.1. The summed E-state index contributed by atoms with van der Waals surface area (Å²) in [6.45, 7) is 3.38. The number of nitrogens with one attached hydrogen (secondary N) is 4. The van der Waals surface area contributed by atoms with Crippen molar-refractivity contribution >= 4 is 29.6 Å². The molecule has 2 aromatic rings. The van der Waals surface area contributed by atoms with Gasteiger partial charge in [-0.3, -0.25) is 19.2 Å². The van der Waals surface area contributed by atoms with Gasteiger partial charge in [0.15, 0.2) is 0 Å². The Morgan fingerprint density at radius 2 is 1.58 bits per heavy atom. The quantitative estimate of drug-likeness (QED) is 0.138. The zero-order valence-corrected chi connectivity index (χ0v) is 21.0. The Hall–Kier alpha value is -4.46. The van der Waals surface area contributed by atoms with E-state index in [1.165, 1.54) is 24.7 Å². The van der Waals surface area contributed by atoms with Gasteiger partial charge in [0, 0.05) is 18.3 Å². The number of aliphatic carboxylic acids is 1. The highest BCUT2D eigenvalue weighted by Gasteiger charge is 2.32. The zero-order valence-electron chi connectivity index (χ0n) is 21.0. The molecule has 38 heavy (non-hydrogen) atoms. The molecule has 0 aliphatic carbocycles. The van der Waals surface area contributed by atoms with Crippen LogP contribution < -0.4 is 27.4 Å². The van der Waals surface area contributed by atoms with Crippen molar-refractivity contribution in [2.75, 3.05) is 0 Å². The van der Waals surface area contributed by atoms with E-state index in [2.05, 4.69) is 25.9 Å². The van der Waals surface area contributed by atoms with Crippen molar-refractivity contribution in [3.8, 4) is 5.75 Å². The number of aromatic hydroxyl groups is 1. The molecular weight excluding hydrogens is 498 g/mol. The third-order valence-corrected chi connectivity index (χ3v) is 5.61. The summed E-state index contributed by atoms with van der Waals surface area (Å²) < 4.78 is 0. The van der Waals surface area contributed by atoms with Crippen LogP contribution in [0.2, 0.25) is 0 Å². The molecule has 2 rings (SSSR count). The highest BCUT2D eigenvalue weighted by atomic mass is 16.4. The number of imidazole rings is 1. The molecule has 0 radical (unpaired) electrons. The number of benzene rings is 1. The molecule has 0 bridgehead atoms. The Labute approximate surface area is 218 Å². The number of primary amides is 1. The van der Waals surface area contributed by atoms with Gasteiger partial charge in [-0.1, -0.05) is 26.0 Å². The van der Waals surface area contributed by atoms with Crippen LogP contribution in [0.25, 0.3) is 0 Å². The summed E-state index contributed by atoms with van der Waals surface area (Å²) in [5.41, 5.74) is 12.3. The fourth-order valence-corrected chi connectivity index (χ4v) is 3.53. The number of nitrogens with zero attached hydrogens (tertiary/aromatic N) is 1. The maximum absolute atomic E-state index is 13.2. The minimum absolute atomic E-state index is 0.0707. The second kappa shape index (κ2) is 13.7. The number of hydrogen-bond donors (Lipinski definition) is 8. The van der Waals surface area contributed by atoms with Crippen LogP contribution in [0.4, 0.5) is 0 Å². The summed E-state index contributed by atoms with van der Waals surface area (Å²) in [5.74, 6) is -4.92. The van der Waals surface area contributed by atoms with Gasteiger partial charge in [0.2, 0.25) is 23.6 Å².